The minimum absolute atomic E-state index is 0.0295. The van der Waals surface area contributed by atoms with Crippen molar-refractivity contribution in [2.75, 3.05) is 24.9 Å². The SMILES string of the molecule is COC(=O)[C@H](CC(C)C)Nc1nc(Nc2cccc(F)c2)nc(S(=O)c2ccc(OC)cc2)n1. The molecule has 0 aliphatic heterocycles. The summed E-state index contributed by atoms with van der Waals surface area (Å²) in [6.45, 7) is 3.93. The zero-order valence-corrected chi connectivity index (χ0v) is 20.1. The Morgan fingerprint density at radius 1 is 1.06 bits per heavy atom. The molecule has 0 aliphatic rings. The van der Waals surface area contributed by atoms with Gasteiger partial charge < -0.3 is 20.1 Å². The molecule has 0 aliphatic carbocycles. The number of anilines is 3. The number of aromatic nitrogens is 3. The standard InChI is InChI=1S/C23H26FN5O4S/c1-14(2)12-19(20(30)33-4)26-22-27-21(25-16-7-5-6-15(24)13-16)28-23(29-22)34(31)18-10-8-17(32-3)9-11-18/h5-11,13-14,19H,12H2,1-4H3,(H2,25,26,27,28,29)/t19-,34?/m0/s1. The predicted molar refractivity (Wildman–Crippen MR) is 126 cm³/mol. The van der Waals surface area contributed by atoms with Gasteiger partial charge in [-0.3, -0.25) is 0 Å². The summed E-state index contributed by atoms with van der Waals surface area (Å²) in [5, 5.41) is 5.81. The average Bonchev–Trinajstić information content (AvgIpc) is 2.82. The van der Waals surface area contributed by atoms with Gasteiger partial charge >= 0.3 is 5.97 Å². The topological polar surface area (TPSA) is 115 Å². The summed E-state index contributed by atoms with van der Waals surface area (Å²) >= 11 is 0. The van der Waals surface area contributed by atoms with Crippen LogP contribution in [0.3, 0.4) is 0 Å². The van der Waals surface area contributed by atoms with Crippen molar-refractivity contribution >= 4 is 34.4 Å². The van der Waals surface area contributed by atoms with Crippen molar-refractivity contribution in [3.63, 3.8) is 0 Å². The Balaban J connectivity index is 1.99. The summed E-state index contributed by atoms with van der Waals surface area (Å²) in [6, 6.07) is 11.7. The number of esters is 1. The van der Waals surface area contributed by atoms with E-state index in [-0.39, 0.29) is 23.0 Å². The van der Waals surface area contributed by atoms with E-state index in [1.54, 1.807) is 30.3 Å². The van der Waals surface area contributed by atoms with Gasteiger partial charge in [0.2, 0.25) is 17.1 Å². The number of hydrogen-bond donors (Lipinski definition) is 2. The van der Waals surface area contributed by atoms with Crippen LogP contribution in [0.5, 0.6) is 5.75 Å². The molecule has 0 radical (unpaired) electrons. The van der Waals surface area contributed by atoms with E-state index in [1.165, 1.54) is 32.4 Å². The Labute approximate surface area is 199 Å². The third kappa shape index (κ3) is 6.70. The van der Waals surface area contributed by atoms with Crippen molar-refractivity contribution in [2.45, 2.75) is 36.4 Å². The van der Waals surface area contributed by atoms with E-state index in [2.05, 4.69) is 25.6 Å². The van der Waals surface area contributed by atoms with Gasteiger partial charge in [0.05, 0.1) is 14.2 Å². The van der Waals surface area contributed by atoms with Crippen LogP contribution in [0.15, 0.2) is 58.6 Å². The molecule has 34 heavy (non-hydrogen) atoms. The molecule has 2 N–H and O–H groups in total. The van der Waals surface area contributed by atoms with Crippen molar-refractivity contribution in [1.29, 1.82) is 0 Å². The average molecular weight is 488 g/mol. The molecule has 0 fully saturated rings. The van der Waals surface area contributed by atoms with Gasteiger partial charge in [-0.1, -0.05) is 19.9 Å². The van der Waals surface area contributed by atoms with Gasteiger partial charge in [-0.2, -0.15) is 15.0 Å². The van der Waals surface area contributed by atoms with E-state index < -0.39 is 28.6 Å². The maximum Gasteiger partial charge on any atom is 0.328 e. The number of benzene rings is 2. The summed E-state index contributed by atoms with van der Waals surface area (Å²) in [5.74, 6) is -0.0679. The van der Waals surface area contributed by atoms with Crippen LogP contribution in [0.2, 0.25) is 0 Å². The highest BCUT2D eigenvalue weighted by Gasteiger charge is 2.23. The largest absolute Gasteiger partial charge is 0.497 e. The lowest BCUT2D eigenvalue weighted by Crippen LogP contribution is -2.33. The molecule has 11 heteroatoms. The molecule has 180 valence electrons. The first kappa shape index (κ1) is 25.0. The number of ether oxygens (including phenoxy) is 2. The Morgan fingerprint density at radius 2 is 1.76 bits per heavy atom. The van der Waals surface area contributed by atoms with Crippen LogP contribution in [0.4, 0.5) is 22.0 Å². The quantitative estimate of drug-likeness (QED) is 0.410. The van der Waals surface area contributed by atoms with Gasteiger partial charge in [0.15, 0.2) is 0 Å². The van der Waals surface area contributed by atoms with Crippen LogP contribution in [0.25, 0.3) is 0 Å². The third-order valence-corrected chi connectivity index (χ3v) is 5.85. The Hall–Kier alpha value is -3.60. The van der Waals surface area contributed by atoms with Gasteiger partial charge in [-0.05, 0) is 54.8 Å². The minimum Gasteiger partial charge on any atom is -0.497 e. The van der Waals surface area contributed by atoms with E-state index in [0.29, 0.717) is 22.8 Å². The van der Waals surface area contributed by atoms with Gasteiger partial charge in [-0.25, -0.2) is 13.4 Å². The van der Waals surface area contributed by atoms with Crippen molar-refractivity contribution in [2.24, 2.45) is 5.92 Å². The molecular formula is C23H26FN5O4S. The maximum absolute atomic E-state index is 13.6. The molecule has 1 aromatic heterocycles. The van der Waals surface area contributed by atoms with E-state index in [0.717, 1.165) is 0 Å². The van der Waals surface area contributed by atoms with Crippen LogP contribution in [0.1, 0.15) is 20.3 Å². The second kappa shape index (κ2) is 11.5. The first-order valence-electron chi connectivity index (χ1n) is 10.5. The van der Waals surface area contributed by atoms with Crippen molar-refractivity contribution in [3.05, 3.63) is 54.3 Å². The lowest BCUT2D eigenvalue weighted by molar-refractivity contribution is -0.141. The molecule has 2 aromatic carbocycles. The number of nitrogens with zero attached hydrogens (tertiary/aromatic N) is 3. The molecule has 3 rings (SSSR count). The van der Waals surface area contributed by atoms with Crippen LogP contribution in [-0.2, 0) is 20.3 Å². The molecule has 0 saturated heterocycles. The van der Waals surface area contributed by atoms with E-state index in [1.807, 2.05) is 13.8 Å². The number of rotatable bonds is 10. The summed E-state index contributed by atoms with van der Waals surface area (Å²) in [7, 11) is 1.07. The number of carbonyl (C=O) groups is 1. The Kier molecular flexibility index (Phi) is 8.47. The summed E-state index contributed by atoms with van der Waals surface area (Å²) in [6.07, 6.45) is 0.460. The molecule has 3 aromatic rings. The lowest BCUT2D eigenvalue weighted by Gasteiger charge is -2.19. The molecule has 0 saturated carbocycles. The second-order valence-corrected chi connectivity index (χ2v) is 9.07. The number of methoxy groups -OCH3 is 2. The van der Waals surface area contributed by atoms with Crippen LogP contribution in [-0.4, -0.2) is 45.4 Å². The van der Waals surface area contributed by atoms with Crippen LogP contribution in [0, 0.1) is 11.7 Å². The zero-order chi connectivity index (χ0) is 24.7. The summed E-state index contributed by atoms with van der Waals surface area (Å²) in [5.41, 5.74) is 0.394. The highest BCUT2D eigenvalue weighted by atomic mass is 32.2. The molecular weight excluding hydrogens is 461 g/mol. The lowest BCUT2D eigenvalue weighted by atomic mass is 10.0. The number of halogens is 1. The van der Waals surface area contributed by atoms with Gasteiger partial charge in [-0.15, -0.1) is 0 Å². The van der Waals surface area contributed by atoms with E-state index >= 15 is 0 Å². The fourth-order valence-electron chi connectivity index (χ4n) is 3.04. The van der Waals surface area contributed by atoms with E-state index in [9.17, 15) is 13.4 Å². The highest BCUT2D eigenvalue weighted by molar-refractivity contribution is 7.84. The minimum atomic E-state index is -1.77. The number of hydrogen-bond acceptors (Lipinski definition) is 9. The molecule has 9 nitrogen and oxygen atoms in total. The van der Waals surface area contributed by atoms with Crippen LogP contribution >= 0.6 is 0 Å². The summed E-state index contributed by atoms with van der Waals surface area (Å²) in [4.78, 5) is 25.6. The second-order valence-electron chi connectivity index (χ2n) is 7.69. The van der Waals surface area contributed by atoms with Gasteiger partial charge in [0.25, 0.3) is 0 Å². The number of carbonyl (C=O) groups excluding carboxylic acids is 1. The predicted octanol–water partition coefficient (Wildman–Crippen LogP) is 3.93. The van der Waals surface area contributed by atoms with Crippen molar-refractivity contribution in [1.82, 2.24) is 15.0 Å². The van der Waals surface area contributed by atoms with Gasteiger partial charge in [0, 0.05) is 10.6 Å². The first-order chi connectivity index (χ1) is 16.3. The Morgan fingerprint density at radius 3 is 2.38 bits per heavy atom. The monoisotopic (exact) mass is 487 g/mol. The molecule has 0 amide bonds. The molecule has 2 atom stereocenters. The molecule has 1 unspecified atom stereocenters. The van der Waals surface area contributed by atoms with Crippen molar-refractivity contribution < 1.29 is 22.9 Å². The molecule has 0 bridgehead atoms. The molecule has 1 heterocycles. The third-order valence-electron chi connectivity index (χ3n) is 4.63. The maximum atomic E-state index is 13.6. The van der Waals surface area contributed by atoms with Gasteiger partial charge in [0.1, 0.15) is 28.4 Å². The fraction of sp³-hybridized carbons (Fsp3) is 0.304. The van der Waals surface area contributed by atoms with Crippen molar-refractivity contribution in [3.8, 4) is 5.75 Å². The highest BCUT2D eigenvalue weighted by Crippen LogP contribution is 2.22. The van der Waals surface area contributed by atoms with E-state index in [4.69, 9.17) is 9.47 Å². The normalized spacial score (nSPS) is 12.6. The molecule has 0 spiro atoms. The summed E-state index contributed by atoms with van der Waals surface area (Å²) < 4.78 is 36.9. The van der Waals surface area contributed by atoms with Crippen LogP contribution < -0.4 is 15.4 Å². The Bertz CT molecular complexity index is 1160. The first-order valence-corrected chi connectivity index (χ1v) is 11.6. The fourth-order valence-corrected chi connectivity index (χ4v) is 3.98. The number of nitrogens with one attached hydrogen (secondary N) is 2. The zero-order valence-electron chi connectivity index (χ0n) is 19.2. The smallest absolute Gasteiger partial charge is 0.328 e.